The molecule has 3 rings (SSSR count). The fourth-order valence-electron chi connectivity index (χ4n) is 17.0. The standard InChI is InChI=1S/C96H181O25P/c1-7-11-15-19-23-25-27-29-31-33-35-37-39-41-52-61-69-82(101)118-91-87(106)88(107)92(119-95-89(108)85(104)83(102)77(70-97)116-95)94(93(91)120-96-90(109)86(105)84(103)78(117-96)73-113-80(99)67-59-51-44-42-48-56-64-74(5)62-54-46-21-17-13-9-3)121-122(110,111)114-72-76(71-112-79(98)66-58-50-40-38-36-34-32-30-28-26-24-20-16-12-8-2)115-81(100)68-60-53-45-43-49-57-65-75(6)63-55-47-22-18-14-10-4/h74-78,83-97,102-109H,7-73H2,1-6H3,(H,110,111). The largest absolute Gasteiger partial charge is 0.472 e. The van der Waals surface area contributed by atoms with E-state index < -0.39 is 162 Å². The second-order valence-corrected chi connectivity index (χ2v) is 38.0. The summed E-state index contributed by atoms with van der Waals surface area (Å²) >= 11 is 0. The monoisotopic (exact) mass is 1770 g/mol. The van der Waals surface area contributed by atoms with Crippen molar-refractivity contribution in [1.82, 2.24) is 0 Å². The molecule has 720 valence electrons. The first-order valence-corrected chi connectivity index (χ1v) is 51.5. The minimum Gasteiger partial charge on any atom is -0.463 e. The molecule has 0 bridgehead atoms. The lowest BCUT2D eigenvalue weighted by Crippen LogP contribution is -2.70. The van der Waals surface area contributed by atoms with Gasteiger partial charge in [0.05, 0.1) is 13.2 Å². The molecule has 25 nitrogen and oxygen atoms in total. The average Bonchev–Trinajstić information content (AvgIpc) is 0.755. The second-order valence-electron chi connectivity index (χ2n) is 36.6. The molecule has 0 aromatic heterocycles. The van der Waals surface area contributed by atoms with Crippen LogP contribution in [0.3, 0.4) is 0 Å². The maximum Gasteiger partial charge on any atom is 0.472 e. The molecule has 2 aliphatic heterocycles. The van der Waals surface area contributed by atoms with Crippen molar-refractivity contribution in [3.63, 3.8) is 0 Å². The Morgan fingerprint density at radius 2 is 0.615 bits per heavy atom. The van der Waals surface area contributed by atoms with Gasteiger partial charge < -0.3 is 88.7 Å². The van der Waals surface area contributed by atoms with Crippen LogP contribution in [0.1, 0.15) is 446 Å². The highest BCUT2D eigenvalue weighted by molar-refractivity contribution is 7.47. The van der Waals surface area contributed by atoms with Crippen molar-refractivity contribution < 1.29 is 122 Å². The number of esters is 4. The van der Waals surface area contributed by atoms with Crippen LogP contribution in [0.25, 0.3) is 0 Å². The number of carbonyl (C=O) groups excluding carboxylic acids is 4. The third-order valence-electron chi connectivity index (χ3n) is 25.2. The van der Waals surface area contributed by atoms with Gasteiger partial charge in [0.2, 0.25) is 0 Å². The van der Waals surface area contributed by atoms with E-state index in [0.29, 0.717) is 43.9 Å². The molecule has 0 spiro atoms. The Morgan fingerprint density at radius 1 is 0.320 bits per heavy atom. The maximum atomic E-state index is 15.0. The van der Waals surface area contributed by atoms with Crippen LogP contribution in [0, 0.1) is 11.8 Å². The number of aliphatic hydroxyl groups is 9. The minimum absolute atomic E-state index is 0.0170. The van der Waals surface area contributed by atoms with Crippen LogP contribution in [-0.2, 0) is 70.7 Å². The Morgan fingerprint density at radius 3 is 0.975 bits per heavy atom. The zero-order valence-corrected chi connectivity index (χ0v) is 78.3. The predicted octanol–water partition coefficient (Wildman–Crippen LogP) is 19.4. The molecule has 0 amide bonds. The van der Waals surface area contributed by atoms with Crippen LogP contribution in [-0.4, -0.2) is 205 Å². The first kappa shape index (κ1) is 114. The molecule has 2 heterocycles. The van der Waals surface area contributed by atoms with Crippen LogP contribution >= 0.6 is 7.82 Å². The molecule has 2 saturated heterocycles. The van der Waals surface area contributed by atoms with Gasteiger partial charge in [-0.1, -0.05) is 395 Å². The summed E-state index contributed by atoms with van der Waals surface area (Å²) in [6.07, 6.45) is 29.3. The maximum absolute atomic E-state index is 15.0. The van der Waals surface area contributed by atoms with Crippen molar-refractivity contribution in [3.05, 3.63) is 0 Å². The number of phosphoric acid groups is 1. The molecule has 122 heavy (non-hydrogen) atoms. The zero-order chi connectivity index (χ0) is 89.2. The summed E-state index contributed by atoms with van der Waals surface area (Å²) in [5.41, 5.74) is 0. The molecule has 20 unspecified atom stereocenters. The van der Waals surface area contributed by atoms with Gasteiger partial charge >= 0.3 is 31.7 Å². The van der Waals surface area contributed by atoms with Crippen molar-refractivity contribution >= 4 is 31.7 Å². The highest BCUT2D eigenvalue weighted by atomic mass is 31.2. The van der Waals surface area contributed by atoms with Gasteiger partial charge in [-0.2, -0.15) is 0 Å². The van der Waals surface area contributed by atoms with Crippen LogP contribution in [0.4, 0.5) is 0 Å². The Labute approximate surface area is 738 Å². The van der Waals surface area contributed by atoms with E-state index >= 15 is 0 Å². The minimum atomic E-state index is -5.81. The number of rotatable bonds is 81. The summed E-state index contributed by atoms with van der Waals surface area (Å²) in [5, 5.41) is 103. The number of carbonyl (C=O) groups is 4. The Balaban J connectivity index is 1.91. The smallest absolute Gasteiger partial charge is 0.463 e. The molecule has 20 atom stereocenters. The molecular weight excluding hydrogens is 1580 g/mol. The van der Waals surface area contributed by atoms with Gasteiger partial charge in [0.15, 0.2) is 24.8 Å². The van der Waals surface area contributed by atoms with Gasteiger partial charge in [-0.15, -0.1) is 0 Å². The van der Waals surface area contributed by atoms with Gasteiger partial charge in [0.1, 0.15) is 92.6 Å². The fourth-order valence-corrected chi connectivity index (χ4v) is 18.0. The Hall–Kier alpha value is -2.53. The molecule has 1 saturated carbocycles. The molecular formula is C96H181O25P. The molecule has 0 aromatic carbocycles. The first-order chi connectivity index (χ1) is 59.0. The first-order valence-electron chi connectivity index (χ1n) is 50.1. The number of hydrogen-bond donors (Lipinski definition) is 10. The van der Waals surface area contributed by atoms with Crippen LogP contribution in [0.15, 0.2) is 0 Å². The van der Waals surface area contributed by atoms with Gasteiger partial charge in [0, 0.05) is 25.7 Å². The second kappa shape index (κ2) is 73.2. The lowest BCUT2D eigenvalue weighted by molar-refractivity contribution is -0.360. The normalized spacial score (nSPS) is 25.0. The van der Waals surface area contributed by atoms with E-state index in [1.165, 1.54) is 218 Å². The molecule has 3 fully saturated rings. The van der Waals surface area contributed by atoms with Crippen molar-refractivity contribution in [2.45, 2.75) is 550 Å². The predicted molar refractivity (Wildman–Crippen MR) is 476 cm³/mol. The number of hydrogen-bond acceptors (Lipinski definition) is 24. The number of unbranched alkanes of at least 4 members (excludes halogenated alkanes) is 49. The lowest BCUT2D eigenvalue weighted by Gasteiger charge is -2.50. The zero-order valence-electron chi connectivity index (χ0n) is 77.4. The summed E-state index contributed by atoms with van der Waals surface area (Å²) in [6, 6.07) is 0. The average molecular weight is 1770 g/mol. The van der Waals surface area contributed by atoms with Crippen molar-refractivity contribution in [2.75, 3.05) is 26.4 Å². The van der Waals surface area contributed by atoms with Crippen molar-refractivity contribution in [2.24, 2.45) is 11.8 Å². The molecule has 0 radical (unpaired) electrons. The fraction of sp³-hybridized carbons (Fsp3) is 0.958. The summed E-state index contributed by atoms with van der Waals surface area (Å²) in [5.74, 6) is -1.58. The lowest BCUT2D eigenvalue weighted by atomic mass is 9.84. The molecule has 1 aliphatic carbocycles. The highest BCUT2D eigenvalue weighted by Crippen LogP contribution is 2.49. The molecule has 10 N–H and O–H groups in total. The van der Waals surface area contributed by atoms with Gasteiger partial charge in [0.25, 0.3) is 0 Å². The van der Waals surface area contributed by atoms with E-state index in [2.05, 4.69) is 41.5 Å². The topological polar surface area (TPSA) is 380 Å². The summed E-state index contributed by atoms with van der Waals surface area (Å²) in [4.78, 5) is 66.7. The number of ether oxygens (including phenoxy) is 8. The van der Waals surface area contributed by atoms with Crippen molar-refractivity contribution in [1.29, 1.82) is 0 Å². The quantitative estimate of drug-likeness (QED) is 0.0117. The number of phosphoric ester groups is 1. The van der Waals surface area contributed by atoms with E-state index in [9.17, 15) is 74.6 Å². The summed E-state index contributed by atoms with van der Waals surface area (Å²) in [6.45, 7) is 10.3. The summed E-state index contributed by atoms with van der Waals surface area (Å²) < 4.78 is 73.7. The van der Waals surface area contributed by atoms with Crippen LogP contribution < -0.4 is 0 Å². The molecule has 3 aliphatic rings. The Bertz CT molecular complexity index is 2560. The third-order valence-corrected chi connectivity index (χ3v) is 26.1. The van der Waals surface area contributed by atoms with Gasteiger partial charge in [-0.3, -0.25) is 28.2 Å². The van der Waals surface area contributed by atoms with Gasteiger partial charge in [-0.05, 0) is 37.5 Å². The highest BCUT2D eigenvalue weighted by Gasteiger charge is 2.60. The molecule has 26 heteroatoms. The molecule has 0 aromatic rings. The Kier molecular flexibility index (Phi) is 68.2. The van der Waals surface area contributed by atoms with Crippen LogP contribution in [0.2, 0.25) is 0 Å². The SMILES string of the molecule is CCCCCCCCCCCCCCCCCCC(=O)OC1C(O)C(O)C(OC2OC(CO)C(O)C(O)C2O)C(OP(=O)(O)OCC(COC(=O)CCCCCCCCCCCCCCCCC)OC(=O)CCCCCCCCC(C)CCCCCCCC)C1OC1OC(COC(=O)CCCCCCCCC(C)CCCCCCCC)C(O)C(O)C1O. The van der Waals surface area contributed by atoms with Crippen LogP contribution in [0.5, 0.6) is 0 Å². The van der Waals surface area contributed by atoms with E-state index in [0.717, 1.165) is 128 Å². The third kappa shape index (κ3) is 53.0. The van der Waals surface area contributed by atoms with E-state index in [4.69, 9.17) is 46.9 Å². The van der Waals surface area contributed by atoms with Gasteiger partial charge in [-0.25, -0.2) is 4.57 Å². The van der Waals surface area contributed by atoms with Crippen molar-refractivity contribution in [3.8, 4) is 0 Å². The summed E-state index contributed by atoms with van der Waals surface area (Å²) in [7, 11) is -5.81. The number of aliphatic hydroxyl groups excluding tert-OH is 9. The van der Waals surface area contributed by atoms with E-state index in [-0.39, 0.29) is 25.7 Å². The van der Waals surface area contributed by atoms with E-state index in [1.54, 1.807) is 0 Å². The van der Waals surface area contributed by atoms with E-state index in [1.807, 2.05) is 0 Å².